The normalized spacial score (nSPS) is 9.65. The van der Waals surface area contributed by atoms with Crippen LogP contribution in [0.1, 0.15) is 5.56 Å². The van der Waals surface area contributed by atoms with Gasteiger partial charge in [0, 0.05) is 5.56 Å². The maximum Gasteiger partial charge on any atom is 0.142 e. The van der Waals surface area contributed by atoms with E-state index in [0.717, 1.165) is 11.3 Å². The van der Waals surface area contributed by atoms with Crippen molar-refractivity contribution in [2.45, 2.75) is 0 Å². The van der Waals surface area contributed by atoms with E-state index in [4.69, 9.17) is 15.7 Å². The van der Waals surface area contributed by atoms with Crippen LogP contribution < -0.4 is 10.5 Å². The molecule has 0 aliphatic heterocycles. The molecule has 2 rings (SSSR count). The zero-order valence-electron chi connectivity index (χ0n) is 9.34. The van der Waals surface area contributed by atoms with Crippen LogP contribution in [0, 0.1) is 11.3 Å². The molecule has 2 N–H and O–H groups in total. The number of nitriles is 1. The van der Waals surface area contributed by atoms with E-state index in [1.165, 1.54) is 0 Å². The average molecular weight is 225 g/mol. The molecule has 0 atom stereocenters. The monoisotopic (exact) mass is 225 g/mol. The highest BCUT2D eigenvalue weighted by molar-refractivity contribution is 5.69. The van der Waals surface area contributed by atoms with Gasteiger partial charge >= 0.3 is 0 Å². The zero-order chi connectivity index (χ0) is 12.3. The lowest BCUT2D eigenvalue weighted by molar-refractivity contribution is 0.416. The van der Waals surface area contributed by atoms with Crippen molar-refractivity contribution in [1.29, 1.82) is 5.26 Å². The van der Waals surface area contributed by atoms with Crippen LogP contribution >= 0.6 is 0 Å². The fraction of sp³-hybridized carbons (Fsp3) is 0.0769. The summed E-state index contributed by atoms with van der Waals surface area (Å²) in [6.45, 7) is 0. The molecule has 1 aromatic carbocycles. The number of benzene rings is 1. The summed E-state index contributed by atoms with van der Waals surface area (Å²) in [5.41, 5.74) is 7.61. The molecule has 0 radical (unpaired) electrons. The highest BCUT2D eigenvalue weighted by Crippen LogP contribution is 2.28. The second kappa shape index (κ2) is 4.54. The maximum absolute atomic E-state index is 8.79. The van der Waals surface area contributed by atoms with Crippen LogP contribution in [0.5, 0.6) is 5.75 Å². The minimum Gasteiger partial charge on any atom is -0.496 e. The summed E-state index contributed by atoms with van der Waals surface area (Å²) < 4.78 is 5.25. The third-order valence-corrected chi connectivity index (χ3v) is 2.43. The van der Waals surface area contributed by atoms with E-state index < -0.39 is 0 Å². The quantitative estimate of drug-likeness (QED) is 0.850. The van der Waals surface area contributed by atoms with Crippen molar-refractivity contribution < 1.29 is 4.74 Å². The minimum atomic E-state index is 0.232. The fourth-order valence-corrected chi connectivity index (χ4v) is 1.58. The largest absolute Gasteiger partial charge is 0.496 e. The van der Waals surface area contributed by atoms with Gasteiger partial charge in [0.15, 0.2) is 0 Å². The Bertz CT molecular complexity index is 587. The van der Waals surface area contributed by atoms with E-state index >= 15 is 0 Å². The molecule has 4 nitrogen and oxygen atoms in total. The molecule has 0 saturated heterocycles. The number of aromatic nitrogens is 1. The van der Waals surface area contributed by atoms with Crippen LogP contribution in [0.4, 0.5) is 5.82 Å². The predicted octanol–water partition coefficient (Wildman–Crippen LogP) is 2.21. The molecule has 0 aliphatic carbocycles. The Morgan fingerprint density at radius 1 is 1.24 bits per heavy atom. The number of rotatable bonds is 2. The van der Waals surface area contributed by atoms with Crippen LogP contribution in [0.3, 0.4) is 0 Å². The van der Waals surface area contributed by atoms with E-state index in [-0.39, 0.29) is 5.82 Å². The summed E-state index contributed by atoms with van der Waals surface area (Å²) in [5, 5.41) is 8.79. The lowest BCUT2D eigenvalue weighted by Crippen LogP contribution is -1.97. The molecule has 2 aromatic rings. The van der Waals surface area contributed by atoms with Gasteiger partial charge in [0.25, 0.3) is 0 Å². The smallest absolute Gasteiger partial charge is 0.142 e. The first-order chi connectivity index (χ1) is 8.26. The molecule has 0 spiro atoms. The first kappa shape index (κ1) is 11.0. The van der Waals surface area contributed by atoms with Gasteiger partial charge in [0.1, 0.15) is 17.6 Å². The van der Waals surface area contributed by atoms with Gasteiger partial charge in [0.2, 0.25) is 0 Å². The van der Waals surface area contributed by atoms with Gasteiger partial charge in [0.05, 0.1) is 18.4 Å². The summed E-state index contributed by atoms with van der Waals surface area (Å²) in [7, 11) is 1.60. The number of nitrogen functional groups attached to an aromatic ring is 1. The lowest BCUT2D eigenvalue weighted by Gasteiger charge is -2.08. The van der Waals surface area contributed by atoms with Gasteiger partial charge in [-0.25, -0.2) is 4.98 Å². The fourth-order valence-electron chi connectivity index (χ4n) is 1.58. The van der Waals surface area contributed by atoms with E-state index in [9.17, 15) is 0 Å². The molecule has 17 heavy (non-hydrogen) atoms. The molecular formula is C13H11N3O. The van der Waals surface area contributed by atoms with E-state index in [1.807, 2.05) is 30.3 Å². The Hall–Kier alpha value is -2.54. The SMILES string of the molecule is COc1ccccc1-c1ccc(C#N)c(N)n1. The number of nitrogens with two attached hydrogens (primary N) is 1. The highest BCUT2D eigenvalue weighted by atomic mass is 16.5. The number of anilines is 1. The van der Waals surface area contributed by atoms with Gasteiger partial charge in [-0.2, -0.15) is 5.26 Å². The number of hydrogen-bond donors (Lipinski definition) is 1. The Morgan fingerprint density at radius 2 is 2.00 bits per heavy atom. The minimum absolute atomic E-state index is 0.232. The van der Waals surface area contributed by atoms with Crippen LogP contribution in [0.25, 0.3) is 11.3 Å². The summed E-state index contributed by atoms with van der Waals surface area (Å²) in [4.78, 5) is 4.20. The molecule has 0 amide bonds. The zero-order valence-corrected chi connectivity index (χ0v) is 9.34. The first-order valence-corrected chi connectivity index (χ1v) is 5.06. The first-order valence-electron chi connectivity index (χ1n) is 5.06. The number of methoxy groups -OCH3 is 1. The molecule has 0 bridgehead atoms. The maximum atomic E-state index is 8.79. The number of para-hydroxylation sites is 1. The predicted molar refractivity (Wildman–Crippen MR) is 65.4 cm³/mol. The number of ether oxygens (including phenoxy) is 1. The molecule has 1 aromatic heterocycles. The van der Waals surface area contributed by atoms with E-state index in [1.54, 1.807) is 19.2 Å². The Morgan fingerprint density at radius 3 is 2.65 bits per heavy atom. The number of nitrogens with zero attached hydrogens (tertiary/aromatic N) is 2. The third-order valence-electron chi connectivity index (χ3n) is 2.43. The van der Waals surface area contributed by atoms with Gasteiger partial charge in [-0.3, -0.25) is 0 Å². The highest BCUT2D eigenvalue weighted by Gasteiger charge is 2.08. The Balaban J connectivity index is 2.54. The second-order valence-corrected chi connectivity index (χ2v) is 3.44. The molecular weight excluding hydrogens is 214 g/mol. The molecule has 4 heteroatoms. The van der Waals surface area contributed by atoms with Crippen molar-refractivity contribution in [3.05, 3.63) is 42.0 Å². The van der Waals surface area contributed by atoms with Crippen molar-refractivity contribution in [2.75, 3.05) is 12.8 Å². The summed E-state index contributed by atoms with van der Waals surface area (Å²) in [6.07, 6.45) is 0. The van der Waals surface area contributed by atoms with Gasteiger partial charge in [-0.15, -0.1) is 0 Å². The third kappa shape index (κ3) is 2.04. The van der Waals surface area contributed by atoms with Crippen molar-refractivity contribution in [3.63, 3.8) is 0 Å². The number of hydrogen-bond acceptors (Lipinski definition) is 4. The Labute approximate surface area is 99.3 Å². The summed E-state index contributed by atoms with van der Waals surface area (Å²) in [6, 6.07) is 12.9. The topological polar surface area (TPSA) is 71.9 Å². The van der Waals surface area contributed by atoms with Crippen LogP contribution in [0.2, 0.25) is 0 Å². The molecule has 84 valence electrons. The van der Waals surface area contributed by atoms with Crippen LogP contribution in [-0.4, -0.2) is 12.1 Å². The average Bonchev–Trinajstić information content (AvgIpc) is 2.38. The molecule has 0 saturated carbocycles. The van der Waals surface area contributed by atoms with Crippen molar-refractivity contribution in [2.24, 2.45) is 0 Å². The van der Waals surface area contributed by atoms with Crippen molar-refractivity contribution in [3.8, 4) is 23.1 Å². The summed E-state index contributed by atoms with van der Waals surface area (Å²) in [5.74, 6) is 0.958. The number of pyridine rings is 1. The van der Waals surface area contributed by atoms with Crippen LogP contribution in [-0.2, 0) is 0 Å². The second-order valence-electron chi connectivity index (χ2n) is 3.44. The molecule has 0 aliphatic rings. The van der Waals surface area contributed by atoms with Gasteiger partial charge in [-0.1, -0.05) is 12.1 Å². The van der Waals surface area contributed by atoms with Crippen LogP contribution in [0.15, 0.2) is 36.4 Å². The standard InChI is InChI=1S/C13H11N3O/c1-17-12-5-3-2-4-10(12)11-7-6-9(8-14)13(15)16-11/h2-7H,1H3,(H2,15,16). The molecule has 1 heterocycles. The summed E-state index contributed by atoms with van der Waals surface area (Å²) >= 11 is 0. The van der Waals surface area contributed by atoms with E-state index in [2.05, 4.69) is 4.98 Å². The molecule has 0 unspecified atom stereocenters. The van der Waals surface area contributed by atoms with Crippen molar-refractivity contribution >= 4 is 5.82 Å². The van der Waals surface area contributed by atoms with Gasteiger partial charge in [-0.05, 0) is 24.3 Å². The van der Waals surface area contributed by atoms with Crippen molar-refractivity contribution in [1.82, 2.24) is 4.98 Å². The van der Waals surface area contributed by atoms with Gasteiger partial charge < -0.3 is 10.5 Å². The lowest BCUT2D eigenvalue weighted by atomic mass is 10.1. The Kier molecular flexibility index (Phi) is 2.93. The van der Waals surface area contributed by atoms with E-state index in [0.29, 0.717) is 11.3 Å². The molecule has 0 fully saturated rings.